The molecular formula is C26H19BrN4O8. The monoisotopic (exact) mass is 594 g/mol. The molecule has 0 saturated carbocycles. The summed E-state index contributed by atoms with van der Waals surface area (Å²) in [5, 5.41) is 15.9. The Hall–Kier alpha value is -5.04. The fourth-order valence-corrected chi connectivity index (χ4v) is 4.05. The quantitative estimate of drug-likeness (QED) is 0.171. The first kappa shape index (κ1) is 27.0. The van der Waals surface area contributed by atoms with Gasteiger partial charge in [0.05, 0.1) is 22.2 Å². The van der Waals surface area contributed by atoms with Crippen LogP contribution in [0.5, 0.6) is 11.5 Å². The number of hydrogen-bond acceptors (Lipinski definition) is 8. The molecule has 13 heteroatoms. The molecule has 0 atom stereocenters. The summed E-state index contributed by atoms with van der Waals surface area (Å²) in [6, 6.07) is 15.3. The number of hydrogen-bond donors (Lipinski definition) is 2. The van der Waals surface area contributed by atoms with Crippen LogP contribution >= 0.6 is 15.9 Å². The molecule has 2 N–H and O–H groups in total. The Kier molecular flexibility index (Phi) is 8.01. The van der Waals surface area contributed by atoms with Gasteiger partial charge in [-0.05, 0) is 70.0 Å². The number of barbiturate groups is 1. The second kappa shape index (κ2) is 11.6. The summed E-state index contributed by atoms with van der Waals surface area (Å²) >= 11 is 3.34. The number of anilines is 2. The largest absolute Gasteiger partial charge is 0.497 e. The van der Waals surface area contributed by atoms with Crippen molar-refractivity contribution in [3.05, 3.63) is 92.5 Å². The molecule has 5 amide bonds. The second-order valence-corrected chi connectivity index (χ2v) is 8.84. The van der Waals surface area contributed by atoms with Crippen LogP contribution in [0.3, 0.4) is 0 Å². The van der Waals surface area contributed by atoms with Crippen LogP contribution < -0.4 is 25.0 Å². The van der Waals surface area contributed by atoms with Crippen molar-refractivity contribution in [1.29, 1.82) is 0 Å². The van der Waals surface area contributed by atoms with Gasteiger partial charge >= 0.3 is 6.03 Å². The molecule has 1 fully saturated rings. The van der Waals surface area contributed by atoms with Crippen molar-refractivity contribution in [3.63, 3.8) is 0 Å². The highest BCUT2D eigenvalue weighted by molar-refractivity contribution is 9.10. The van der Waals surface area contributed by atoms with Crippen molar-refractivity contribution in [3.8, 4) is 11.5 Å². The number of nitrogens with one attached hydrogen (secondary N) is 2. The Morgan fingerprint density at radius 2 is 1.85 bits per heavy atom. The smallest absolute Gasteiger partial charge is 0.335 e. The molecule has 1 saturated heterocycles. The zero-order valence-electron chi connectivity index (χ0n) is 20.2. The summed E-state index contributed by atoms with van der Waals surface area (Å²) in [6.45, 7) is -0.285. The molecule has 1 aliphatic rings. The molecule has 12 nitrogen and oxygen atoms in total. The van der Waals surface area contributed by atoms with E-state index < -0.39 is 28.7 Å². The highest BCUT2D eigenvalue weighted by Gasteiger charge is 2.37. The summed E-state index contributed by atoms with van der Waals surface area (Å²) < 4.78 is 11.1. The van der Waals surface area contributed by atoms with Crippen molar-refractivity contribution < 1.29 is 33.6 Å². The van der Waals surface area contributed by atoms with Gasteiger partial charge in [-0.25, -0.2) is 9.69 Å². The van der Waals surface area contributed by atoms with Gasteiger partial charge in [-0.3, -0.25) is 29.8 Å². The number of halogens is 1. The van der Waals surface area contributed by atoms with E-state index in [2.05, 4.69) is 26.6 Å². The fraction of sp³-hybridized carbons (Fsp3) is 0.0769. The van der Waals surface area contributed by atoms with Crippen LogP contribution in [0.25, 0.3) is 6.08 Å². The number of carbonyl (C=O) groups is 4. The van der Waals surface area contributed by atoms with Gasteiger partial charge < -0.3 is 14.8 Å². The van der Waals surface area contributed by atoms with Crippen molar-refractivity contribution in [2.24, 2.45) is 0 Å². The maximum atomic E-state index is 13.1. The van der Waals surface area contributed by atoms with E-state index in [1.165, 1.54) is 30.3 Å². The van der Waals surface area contributed by atoms with E-state index in [0.717, 1.165) is 6.07 Å². The maximum absolute atomic E-state index is 13.1. The van der Waals surface area contributed by atoms with Crippen molar-refractivity contribution in [2.75, 3.05) is 23.9 Å². The number of rotatable bonds is 8. The van der Waals surface area contributed by atoms with Crippen LogP contribution in [0.15, 0.2) is 76.8 Å². The molecule has 0 unspecified atom stereocenters. The van der Waals surface area contributed by atoms with E-state index in [9.17, 15) is 29.3 Å². The number of amides is 5. The van der Waals surface area contributed by atoms with E-state index in [1.807, 2.05) is 0 Å². The summed E-state index contributed by atoms with van der Waals surface area (Å²) in [5.41, 5.74) is 0.221. The molecule has 0 aliphatic carbocycles. The van der Waals surface area contributed by atoms with Crippen LogP contribution in [-0.4, -0.2) is 42.4 Å². The van der Waals surface area contributed by atoms with Gasteiger partial charge in [0, 0.05) is 17.8 Å². The second-order valence-electron chi connectivity index (χ2n) is 7.99. The predicted molar refractivity (Wildman–Crippen MR) is 143 cm³/mol. The van der Waals surface area contributed by atoms with Gasteiger partial charge in [0.15, 0.2) is 6.61 Å². The Bertz CT molecular complexity index is 1520. The SMILES string of the molecule is COc1ccc(NC(=O)COc2ccc(/C=C3/C(=O)NC(=O)N(c4cccc([N+](=O)[O-])c4)C3=O)cc2Br)cc1. The van der Waals surface area contributed by atoms with Crippen LogP contribution in [-0.2, 0) is 14.4 Å². The lowest BCUT2D eigenvalue weighted by Gasteiger charge is -2.26. The first-order valence-electron chi connectivity index (χ1n) is 11.2. The van der Waals surface area contributed by atoms with Crippen LogP contribution in [0.2, 0.25) is 0 Å². The minimum absolute atomic E-state index is 0.0667. The van der Waals surface area contributed by atoms with Gasteiger partial charge in [-0.1, -0.05) is 12.1 Å². The minimum atomic E-state index is -1.03. The normalized spacial score (nSPS) is 14.2. The third-order valence-corrected chi connectivity index (χ3v) is 6.02. The van der Waals surface area contributed by atoms with Gasteiger partial charge in [-0.2, -0.15) is 0 Å². The predicted octanol–water partition coefficient (Wildman–Crippen LogP) is 4.05. The van der Waals surface area contributed by atoms with Crippen LogP contribution in [0, 0.1) is 10.1 Å². The summed E-state index contributed by atoms with van der Waals surface area (Å²) in [4.78, 5) is 61.2. The zero-order valence-corrected chi connectivity index (χ0v) is 21.8. The molecule has 0 bridgehead atoms. The standard InChI is InChI=1S/C26H19BrN4O8/c1-38-19-8-6-16(7-9-19)28-23(32)14-39-22-10-5-15(12-21(22)27)11-20-24(33)29-26(35)30(25(20)34)17-3-2-4-18(13-17)31(36)37/h2-13H,14H2,1H3,(H,28,32)(H,29,33,35)/b20-11-. The number of methoxy groups -OCH3 is 1. The van der Waals surface area contributed by atoms with Gasteiger partial charge in [0.2, 0.25) is 0 Å². The first-order chi connectivity index (χ1) is 18.7. The molecule has 198 valence electrons. The number of non-ortho nitro benzene ring substituents is 1. The summed E-state index contributed by atoms with van der Waals surface area (Å²) in [5.74, 6) is -1.28. The van der Waals surface area contributed by atoms with E-state index >= 15 is 0 Å². The lowest BCUT2D eigenvalue weighted by Crippen LogP contribution is -2.54. The molecule has 3 aromatic rings. The number of nitro groups is 1. The van der Waals surface area contributed by atoms with Crippen molar-refractivity contribution in [2.45, 2.75) is 0 Å². The molecule has 4 rings (SSSR count). The van der Waals surface area contributed by atoms with Crippen LogP contribution in [0.4, 0.5) is 21.9 Å². The Morgan fingerprint density at radius 1 is 1.10 bits per heavy atom. The van der Waals surface area contributed by atoms with E-state index in [4.69, 9.17) is 9.47 Å². The Labute approximate surface area is 229 Å². The van der Waals surface area contributed by atoms with Gasteiger partial charge in [-0.15, -0.1) is 0 Å². The minimum Gasteiger partial charge on any atom is -0.497 e. The number of imide groups is 2. The first-order valence-corrected chi connectivity index (χ1v) is 12.0. The fourth-order valence-electron chi connectivity index (χ4n) is 3.54. The van der Waals surface area contributed by atoms with Crippen molar-refractivity contribution in [1.82, 2.24) is 5.32 Å². The lowest BCUT2D eigenvalue weighted by molar-refractivity contribution is -0.384. The number of nitro benzene ring substituents is 1. The molecule has 0 aromatic heterocycles. The third-order valence-electron chi connectivity index (χ3n) is 5.40. The number of urea groups is 1. The Balaban J connectivity index is 1.47. The van der Waals surface area contributed by atoms with Gasteiger partial charge in [0.1, 0.15) is 17.1 Å². The maximum Gasteiger partial charge on any atom is 0.335 e. The summed E-state index contributed by atoms with van der Waals surface area (Å²) in [6.07, 6.45) is 1.26. The lowest BCUT2D eigenvalue weighted by atomic mass is 10.1. The molecule has 39 heavy (non-hydrogen) atoms. The molecule has 1 aliphatic heterocycles. The van der Waals surface area contributed by atoms with E-state index in [-0.39, 0.29) is 23.6 Å². The average molecular weight is 595 g/mol. The number of carbonyl (C=O) groups excluding carboxylic acids is 4. The highest BCUT2D eigenvalue weighted by atomic mass is 79.9. The summed E-state index contributed by atoms with van der Waals surface area (Å²) in [7, 11) is 1.54. The zero-order chi connectivity index (χ0) is 28.1. The third kappa shape index (κ3) is 6.27. The van der Waals surface area contributed by atoms with E-state index in [0.29, 0.717) is 32.1 Å². The Morgan fingerprint density at radius 3 is 2.51 bits per heavy atom. The van der Waals surface area contributed by atoms with Gasteiger partial charge in [0.25, 0.3) is 23.4 Å². The van der Waals surface area contributed by atoms with Crippen molar-refractivity contribution >= 4 is 62.8 Å². The number of nitrogens with zero attached hydrogens (tertiary/aromatic N) is 2. The molecule has 1 heterocycles. The number of benzene rings is 3. The highest BCUT2D eigenvalue weighted by Crippen LogP contribution is 2.29. The van der Waals surface area contributed by atoms with Crippen LogP contribution in [0.1, 0.15) is 5.56 Å². The molecule has 0 radical (unpaired) electrons. The molecule has 3 aromatic carbocycles. The topological polar surface area (TPSA) is 157 Å². The van der Waals surface area contributed by atoms with E-state index in [1.54, 1.807) is 43.5 Å². The molecule has 0 spiro atoms. The average Bonchev–Trinajstić information content (AvgIpc) is 2.91. The number of ether oxygens (including phenoxy) is 2. The molecular weight excluding hydrogens is 576 g/mol.